The molecule has 0 unspecified atom stereocenters. The number of anilines is 2. The molecule has 33 heavy (non-hydrogen) atoms. The molecule has 2 heterocycles. The highest BCUT2D eigenvalue weighted by molar-refractivity contribution is 5.96. The number of unbranched alkanes of at least 4 members (excludes halogenated alkanes) is 1. The van der Waals surface area contributed by atoms with Gasteiger partial charge in [-0.2, -0.15) is 0 Å². The molecule has 3 rings (SSSR count). The minimum absolute atomic E-state index is 0.0211. The monoisotopic (exact) mass is 456 g/mol. The molecule has 2 aromatic heterocycles. The lowest BCUT2D eigenvalue weighted by Gasteiger charge is -2.26. The zero-order valence-electron chi connectivity index (χ0n) is 18.9. The molecular formula is C22H28N6O5. The number of nitrogens with one attached hydrogen (secondary N) is 1. The summed E-state index contributed by atoms with van der Waals surface area (Å²) in [7, 11) is 0. The van der Waals surface area contributed by atoms with Gasteiger partial charge in [-0.05, 0) is 24.5 Å². The molecule has 0 saturated heterocycles. The maximum Gasteiger partial charge on any atom is 0.330 e. The van der Waals surface area contributed by atoms with Gasteiger partial charge in [0.05, 0.1) is 4.92 Å². The summed E-state index contributed by atoms with van der Waals surface area (Å²) in [4.78, 5) is 52.5. The first kappa shape index (κ1) is 23.8. The number of fused-ring (bicyclic) bond motifs is 1. The largest absolute Gasteiger partial charge is 0.383 e. The third kappa shape index (κ3) is 4.97. The van der Waals surface area contributed by atoms with E-state index in [0.717, 1.165) is 6.42 Å². The Morgan fingerprint density at radius 3 is 2.64 bits per heavy atom. The zero-order chi connectivity index (χ0) is 24.3. The molecule has 3 aromatic rings. The van der Waals surface area contributed by atoms with Crippen molar-refractivity contribution in [3.63, 3.8) is 0 Å². The van der Waals surface area contributed by atoms with E-state index < -0.39 is 22.1 Å². The predicted molar refractivity (Wildman–Crippen MR) is 126 cm³/mol. The van der Waals surface area contributed by atoms with Gasteiger partial charge in [-0.25, -0.2) is 4.79 Å². The first-order valence-electron chi connectivity index (χ1n) is 10.8. The summed E-state index contributed by atoms with van der Waals surface area (Å²) < 4.78 is 2.94. The lowest BCUT2D eigenvalue weighted by molar-refractivity contribution is -0.384. The maximum atomic E-state index is 13.4. The second-order valence-electron chi connectivity index (χ2n) is 8.34. The first-order valence-corrected chi connectivity index (χ1v) is 10.8. The van der Waals surface area contributed by atoms with Crippen LogP contribution >= 0.6 is 0 Å². The molecule has 0 spiro atoms. The highest BCUT2D eigenvalue weighted by Gasteiger charge is 2.25. The van der Waals surface area contributed by atoms with Crippen molar-refractivity contribution in [2.45, 2.75) is 46.7 Å². The average molecular weight is 457 g/mol. The van der Waals surface area contributed by atoms with Crippen LogP contribution in [0.1, 0.15) is 33.6 Å². The highest BCUT2D eigenvalue weighted by Crippen LogP contribution is 2.23. The Hall–Kier alpha value is -3.89. The summed E-state index contributed by atoms with van der Waals surface area (Å²) >= 11 is 0. The summed E-state index contributed by atoms with van der Waals surface area (Å²) in [6.45, 7) is 6.22. The standard InChI is InChI=1S/C22H28N6O5/c1-4-5-9-26-20(23)19(21(30)24-22(26)31)27(12-14(2)3)18(29)13-25-10-8-15-11-16(28(32)33)6-7-17(15)25/h6-8,10-11,14H,4-5,9,12-13,23H2,1-3H3,(H,24,30,31). The van der Waals surface area contributed by atoms with Crippen LogP contribution < -0.4 is 21.9 Å². The van der Waals surface area contributed by atoms with Gasteiger partial charge in [0, 0.05) is 42.3 Å². The van der Waals surface area contributed by atoms with Crippen LogP contribution in [-0.4, -0.2) is 31.5 Å². The fourth-order valence-electron chi connectivity index (χ4n) is 3.73. The Morgan fingerprint density at radius 2 is 2.00 bits per heavy atom. The van der Waals surface area contributed by atoms with Gasteiger partial charge in [-0.1, -0.05) is 27.2 Å². The van der Waals surface area contributed by atoms with E-state index in [1.807, 2.05) is 20.8 Å². The third-order valence-electron chi connectivity index (χ3n) is 5.34. The zero-order valence-corrected chi connectivity index (χ0v) is 18.9. The number of benzene rings is 1. The molecule has 0 aliphatic rings. The van der Waals surface area contributed by atoms with E-state index in [0.29, 0.717) is 23.9 Å². The molecular weight excluding hydrogens is 428 g/mol. The van der Waals surface area contributed by atoms with Crippen LogP contribution in [0.15, 0.2) is 40.1 Å². The number of amides is 1. The number of nitro benzene ring substituents is 1. The van der Waals surface area contributed by atoms with E-state index in [2.05, 4.69) is 4.98 Å². The van der Waals surface area contributed by atoms with E-state index in [1.165, 1.54) is 21.6 Å². The summed E-state index contributed by atoms with van der Waals surface area (Å²) in [5, 5.41) is 11.7. The number of carbonyl (C=O) groups excluding carboxylic acids is 1. The minimum Gasteiger partial charge on any atom is -0.383 e. The van der Waals surface area contributed by atoms with Crippen molar-refractivity contribution < 1.29 is 9.72 Å². The van der Waals surface area contributed by atoms with Crippen molar-refractivity contribution in [3.8, 4) is 0 Å². The van der Waals surface area contributed by atoms with Crippen molar-refractivity contribution >= 4 is 34.0 Å². The number of aromatic nitrogens is 3. The Labute approximate surface area is 189 Å². The number of nitrogen functional groups attached to an aromatic ring is 1. The van der Waals surface area contributed by atoms with Crippen LogP contribution in [0.2, 0.25) is 0 Å². The van der Waals surface area contributed by atoms with Gasteiger partial charge in [-0.3, -0.25) is 29.3 Å². The highest BCUT2D eigenvalue weighted by atomic mass is 16.6. The molecule has 0 saturated carbocycles. The number of aromatic amines is 1. The van der Waals surface area contributed by atoms with Crippen LogP contribution in [0.3, 0.4) is 0 Å². The Morgan fingerprint density at radius 1 is 1.27 bits per heavy atom. The van der Waals surface area contributed by atoms with Crippen LogP contribution in [0, 0.1) is 16.0 Å². The second kappa shape index (κ2) is 9.72. The van der Waals surface area contributed by atoms with Gasteiger partial charge in [0.15, 0.2) is 5.69 Å². The lowest BCUT2D eigenvalue weighted by Crippen LogP contribution is -2.43. The molecule has 0 radical (unpaired) electrons. The van der Waals surface area contributed by atoms with E-state index in [1.54, 1.807) is 22.9 Å². The SMILES string of the molecule is CCCCn1c(N)c(N(CC(C)C)C(=O)Cn2ccc3cc([N+](=O)[O-])ccc32)c(=O)[nH]c1=O. The number of nitro groups is 1. The quantitative estimate of drug-likeness (QED) is 0.373. The minimum atomic E-state index is -0.716. The van der Waals surface area contributed by atoms with Crippen molar-refractivity contribution in [2.75, 3.05) is 17.2 Å². The number of carbonyl (C=O) groups is 1. The normalized spacial score (nSPS) is 11.3. The van der Waals surface area contributed by atoms with E-state index in [9.17, 15) is 24.5 Å². The molecule has 1 aromatic carbocycles. The summed E-state index contributed by atoms with van der Waals surface area (Å²) in [6, 6.07) is 6.09. The number of hydrogen-bond donors (Lipinski definition) is 2. The molecule has 0 fully saturated rings. The number of non-ortho nitro benzene ring substituents is 1. The maximum absolute atomic E-state index is 13.4. The van der Waals surface area contributed by atoms with Gasteiger partial charge in [-0.15, -0.1) is 0 Å². The molecule has 11 nitrogen and oxygen atoms in total. The number of H-pyrrole nitrogens is 1. The van der Waals surface area contributed by atoms with Crippen molar-refractivity contribution in [2.24, 2.45) is 5.92 Å². The summed E-state index contributed by atoms with van der Waals surface area (Å²) in [5.74, 6) is -0.413. The Balaban J connectivity index is 2.01. The number of hydrogen-bond acceptors (Lipinski definition) is 6. The Bertz CT molecular complexity index is 1300. The smallest absolute Gasteiger partial charge is 0.330 e. The van der Waals surface area contributed by atoms with Gasteiger partial charge in [0.25, 0.3) is 11.2 Å². The van der Waals surface area contributed by atoms with Crippen LogP contribution in [-0.2, 0) is 17.9 Å². The number of rotatable bonds is 9. The van der Waals surface area contributed by atoms with Gasteiger partial charge in [0.2, 0.25) is 5.91 Å². The predicted octanol–water partition coefficient (Wildman–Crippen LogP) is 2.47. The first-order chi connectivity index (χ1) is 15.6. The van der Waals surface area contributed by atoms with Crippen LogP contribution in [0.5, 0.6) is 0 Å². The summed E-state index contributed by atoms with van der Waals surface area (Å²) in [6.07, 6.45) is 3.18. The molecule has 11 heteroatoms. The molecule has 0 bridgehead atoms. The molecule has 0 atom stereocenters. The average Bonchev–Trinajstić information content (AvgIpc) is 3.14. The van der Waals surface area contributed by atoms with Crippen LogP contribution in [0.25, 0.3) is 10.9 Å². The molecule has 3 N–H and O–H groups in total. The molecule has 176 valence electrons. The number of nitrogens with two attached hydrogens (primary N) is 1. The van der Waals surface area contributed by atoms with E-state index in [4.69, 9.17) is 5.73 Å². The fraction of sp³-hybridized carbons (Fsp3) is 0.409. The molecule has 1 amide bonds. The van der Waals surface area contributed by atoms with Gasteiger partial charge < -0.3 is 15.2 Å². The lowest BCUT2D eigenvalue weighted by atomic mass is 10.2. The molecule has 0 aliphatic heterocycles. The van der Waals surface area contributed by atoms with Crippen LogP contribution in [0.4, 0.5) is 17.2 Å². The van der Waals surface area contributed by atoms with E-state index in [-0.39, 0.29) is 36.2 Å². The van der Waals surface area contributed by atoms with Crippen molar-refractivity contribution in [1.82, 2.24) is 14.1 Å². The van der Waals surface area contributed by atoms with Gasteiger partial charge in [0.1, 0.15) is 12.4 Å². The topological polar surface area (TPSA) is 149 Å². The van der Waals surface area contributed by atoms with Crippen molar-refractivity contribution in [1.29, 1.82) is 0 Å². The van der Waals surface area contributed by atoms with Gasteiger partial charge >= 0.3 is 5.69 Å². The summed E-state index contributed by atoms with van der Waals surface area (Å²) in [5.41, 5.74) is 5.47. The van der Waals surface area contributed by atoms with E-state index >= 15 is 0 Å². The second-order valence-corrected chi connectivity index (χ2v) is 8.34. The fourth-order valence-corrected chi connectivity index (χ4v) is 3.73. The van der Waals surface area contributed by atoms with Crippen molar-refractivity contribution in [3.05, 3.63) is 61.4 Å². The molecule has 0 aliphatic carbocycles. The number of nitrogens with zero attached hydrogens (tertiary/aromatic N) is 4. The third-order valence-corrected chi connectivity index (χ3v) is 5.34. The Kier molecular flexibility index (Phi) is 7.00.